The molecule has 0 unspecified atom stereocenters. The van der Waals surface area contributed by atoms with Crippen LogP contribution in [0.25, 0.3) is 0 Å². The molecule has 140 valence electrons. The molecule has 1 aromatic rings. The minimum absolute atomic E-state index is 0.246. The Labute approximate surface area is 157 Å². The van der Waals surface area contributed by atoms with E-state index in [0.717, 1.165) is 40.9 Å². The van der Waals surface area contributed by atoms with Crippen molar-refractivity contribution in [3.63, 3.8) is 0 Å². The fraction of sp³-hybridized carbons (Fsp3) is 0.250. The number of allylic oxidation sites excluding steroid dienone is 3. The van der Waals surface area contributed by atoms with E-state index in [1.165, 1.54) is 25.7 Å². The molecule has 1 aromatic carbocycles. The zero-order valence-corrected chi connectivity index (χ0v) is 15.3. The predicted octanol–water partition coefficient (Wildman–Crippen LogP) is 2.37. The van der Waals surface area contributed by atoms with Crippen molar-refractivity contribution in [1.82, 2.24) is 9.80 Å². The van der Waals surface area contributed by atoms with Crippen LogP contribution in [0.2, 0.25) is 0 Å². The van der Waals surface area contributed by atoms with Crippen molar-refractivity contribution >= 4 is 23.5 Å². The number of hydrogen-bond acceptors (Lipinski definition) is 5. The topological polar surface area (TPSA) is 81.2 Å². The number of barbiturate groups is 1. The van der Waals surface area contributed by atoms with E-state index in [1.54, 1.807) is 6.08 Å². The molecular formula is C20H21N3O4. The average molecular weight is 367 g/mol. The standard InChI is InChI=1S/C20H21N3O4/c1-21-18(25)16(19(26)22(2)20(21)27)13-15(24)9-6-12-23-11-5-8-14-7-3-4-10-17(14)23/h3-4,6-7,9-10,12-13,24H,5,8,11H2,1-2H3/b12-6+,15-9-. The molecule has 2 heterocycles. The van der Waals surface area contributed by atoms with Gasteiger partial charge in [0, 0.05) is 32.5 Å². The van der Waals surface area contributed by atoms with E-state index < -0.39 is 17.8 Å². The van der Waals surface area contributed by atoms with Crippen molar-refractivity contribution in [3.8, 4) is 0 Å². The average Bonchev–Trinajstić information content (AvgIpc) is 2.68. The molecular weight excluding hydrogens is 346 g/mol. The first-order valence-corrected chi connectivity index (χ1v) is 8.64. The number of aliphatic hydroxyl groups excluding tert-OH is 1. The van der Waals surface area contributed by atoms with Gasteiger partial charge in [-0.05, 0) is 42.7 Å². The van der Waals surface area contributed by atoms with E-state index in [9.17, 15) is 19.5 Å². The molecule has 1 fully saturated rings. The number of imide groups is 2. The smallest absolute Gasteiger partial charge is 0.333 e. The molecule has 0 radical (unpaired) electrons. The summed E-state index contributed by atoms with van der Waals surface area (Å²) < 4.78 is 0. The molecule has 2 aliphatic rings. The Balaban J connectivity index is 1.77. The minimum atomic E-state index is -0.739. The van der Waals surface area contributed by atoms with Crippen molar-refractivity contribution in [2.75, 3.05) is 25.5 Å². The summed E-state index contributed by atoms with van der Waals surface area (Å²) in [6, 6.07) is 7.45. The van der Waals surface area contributed by atoms with Crippen LogP contribution in [-0.4, -0.2) is 53.4 Å². The van der Waals surface area contributed by atoms with Crippen LogP contribution in [0.3, 0.4) is 0 Å². The van der Waals surface area contributed by atoms with Gasteiger partial charge < -0.3 is 10.0 Å². The third kappa shape index (κ3) is 3.62. The second-order valence-electron chi connectivity index (χ2n) is 6.43. The molecule has 3 rings (SSSR count). The first-order chi connectivity index (χ1) is 12.9. The largest absolute Gasteiger partial charge is 0.508 e. The summed E-state index contributed by atoms with van der Waals surface area (Å²) in [6.07, 6.45) is 8.07. The summed E-state index contributed by atoms with van der Waals surface area (Å²) in [5, 5.41) is 10.1. The van der Waals surface area contributed by atoms with Gasteiger partial charge in [-0.3, -0.25) is 19.4 Å². The number of benzene rings is 1. The summed E-state index contributed by atoms with van der Waals surface area (Å²) in [7, 11) is 2.58. The molecule has 4 amide bonds. The summed E-state index contributed by atoms with van der Waals surface area (Å²) >= 11 is 0. The first kappa shape index (κ1) is 18.4. The molecule has 2 aliphatic heterocycles. The van der Waals surface area contributed by atoms with Crippen LogP contribution in [0, 0.1) is 0 Å². The highest BCUT2D eigenvalue weighted by molar-refractivity contribution is 6.28. The van der Waals surface area contributed by atoms with Crippen molar-refractivity contribution in [2.45, 2.75) is 12.8 Å². The van der Waals surface area contributed by atoms with Gasteiger partial charge in [-0.1, -0.05) is 18.2 Å². The van der Waals surface area contributed by atoms with Crippen molar-refractivity contribution in [1.29, 1.82) is 0 Å². The number of urea groups is 1. The number of likely N-dealkylation sites (N-methyl/N-ethyl adjacent to an activating group) is 2. The molecule has 1 N–H and O–H groups in total. The molecule has 27 heavy (non-hydrogen) atoms. The van der Waals surface area contributed by atoms with E-state index in [0.29, 0.717) is 0 Å². The predicted molar refractivity (Wildman–Crippen MR) is 101 cm³/mol. The normalized spacial score (nSPS) is 18.4. The van der Waals surface area contributed by atoms with E-state index >= 15 is 0 Å². The SMILES string of the molecule is CN1C(=O)C(=C/C(O)=C/C=C/N2CCCc3ccccc32)C(=O)N(C)C1=O. The van der Waals surface area contributed by atoms with Crippen LogP contribution in [0.1, 0.15) is 12.0 Å². The molecule has 0 aliphatic carbocycles. The molecule has 0 saturated carbocycles. The zero-order valence-electron chi connectivity index (χ0n) is 15.3. The molecule has 0 spiro atoms. The quantitative estimate of drug-likeness (QED) is 0.384. The van der Waals surface area contributed by atoms with E-state index in [2.05, 4.69) is 11.0 Å². The van der Waals surface area contributed by atoms with Gasteiger partial charge in [0.1, 0.15) is 11.3 Å². The van der Waals surface area contributed by atoms with Crippen LogP contribution in [-0.2, 0) is 16.0 Å². The Morgan fingerprint density at radius 3 is 2.44 bits per heavy atom. The van der Waals surface area contributed by atoms with E-state index in [1.807, 2.05) is 24.4 Å². The van der Waals surface area contributed by atoms with Crippen LogP contribution < -0.4 is 4.90 Å². The molecule has 1 saturated heterocycles. The summed E-state index contributed by atoms with van der Waals surface area (Å²) in [5.74, 6) is -1.72. The molecule has 0 bridgehead atoms. The minimum Gasteiger partial charge on any atom is -0.508 e. The van der Waals surface area contributed by atoms with Crippen LogP contribution in [0.15, 0.2) is 60.0 Å². The highest BCUT2D eigenvalue weighted by Crippen LogP contribution is 2.26. The fourth-order valence-corrected chi connectivity index (χ4v) is 3.13. The third-order valence-corrected chi connectivity index (χ3v) is 4.62. The Bertz CT molecular complexity index is 859. The number of carbonyl (C=O) groups excluding carboxylic acids is 3. The lowest BCUT2D eigenvalue weighted by Gasteiger charge is -2.28. The van der Waals surface area contributed by atoms with Crippen LogP contribution in [0.5, 0.6) is 0 Å². The Hall–Kier alpha value is -3.35. The molecule has 0 aromatic heterocycles. The zero-order chi connectivity index (χ0) is 19.6. The fourth-order valence-electron chi connectivity index (χ4n) is 3.13. The monoisotopic (exact) mass is 367 g/mol. The number of nitrogens with zero attached hydrogens (tertiary/aromatic N) is 3. The van der Waals surface area contributed by atoms with Gasteiger partial charge in [-0.15, -0.1) is 0 Å². The van der Waals surface area contributed by atoms with E-state index in [-0.39, 0.29) is 11.3 Å². The Morgan fingerprint density at radius 1 is 1.07 bits per heavy atom. The number of carbonyl (C=O) groups is 3. The van der Waals surface area contributed by atoms with Crippen molar-refractivity contribution in [2.24, 2.45) is 0 Å². The van der Waals surface area contributed by atoms with Gasteiger partial charge in [0.2, 0.25) is 0 Å². The lowest BCUT2D eigenvalue weighted by atomic mass is 10.0. The number of fused-ring (bicyclic) bond motifs is 1. The Kier molecular flexibility index (Phi) is 5.12. The molecule has 0 atom stereocenters. The lowest BCUT2D eigenvalue weighted by molar-refractivity contribution is -0.134. The second-order valence-corrected chi connectivity index (χ2v) is 6.43. The molecule has 7 nitrogen and oxygen atoms in total. The number of hydrogen-bond donors (Lipinski definition) is 1. The van der Waals surface area contributed by atoms with Gasteiger partial charge >= 0.3 is 6.03 Å². The van der Waals surface area contributed by atoms with Gasteiger partial charge in [-0.2, -0.15) is 0 Å². The maximum absolute atomic E-state index is 12.1. The van der Waals surface area contributed by atoms with Crippen molar-refractivity contribution < 1.29 is 19.5 Å². The number of para-hydroxylation sites is 1. The highest BCUT2D eigenvalue weighted by atomic mass is 16.3. The second kappa shape index (κ2) is 7.49. The summed E-state index contributed by atoms with van der Waals surface area (Å²) in [6.45, 7) is 0.873. The van der Waals surface area contributed by atoms with Gasteiger partial charge in [-0.25, -0.2) is 4.79 Å². The third-order valence-electron chi connectivity index (χ3n) is 4.62. The maximum Gasteiger partial charge on any atom is 0.333 e. The summed E-state index contributed by atoms with van der Waals surface area (Å²) in [4.78, 5) is 39.7. The van der Waals surface area contributed by atoms with Crippen molar-refractivity contribution in [3.05, 3.63) is 65.6 Å². The van der Waals surface area contributed by atoms with Crippen LogP contribution in [0.4, 0.5) is 10.5 Å². The number of amides is 4. The highest BCUT2D eigenvalue weighted by Gasteiger charge is 2.37. The maximum atomic E-state index is 12.1. The summed E-state index contributed by atoms with van der Waals surface area (Å²) in [5.41, 5.74) is 2.15. The lowest BCUT2D eigenvalue weighted by Crippen LogP contribution is -2.53. The number of aliphatic hydroxyl groups is 1. The number of rotatable bonds is 3. The van der Waals surface area contributed by atoms with Gasteiger partial charge in [0.05, 0.1) is 0 Å². The number of aryl methyl sites for hydroxylation is 1. The Morgan fingerprint density at radius 2 is 1.74 bits per heavy atom. The number of anilines is 1. The molecule has 7 heteroatoms. The van der Waals surface area contributed by atoms with Gasteiger partial charge in [0.15, 0.2) is 0 Å². The first-order valence-electron chi connectivity index (χ1n) is 8.64. The van der Waals surface area contributed by atoms with Gasteiger partial charge in [0.25, 0.3) is 11.8 Å². The van der Waals surface area contributed by atoms with E-state index in [4.69, 9.17) is 0 Å². The van der Waals surface area contributed by atoms with Crippen LogP contribution >= 0.6 is 0 Å².